The van der Waals surface area contributed by atoms with Crippen LogP contribution in [0.1, 0.15) is 12.8 Å². The van der Waals surface area contributed by atoms with Gasteiger partial charge < -0.3 is 5.32 Å². The number of benzene rings is 1. The van der Waals surface area contributed by atoms with Gasteiger partial charge in [0.1, 0.15) is 0 Å². The van der Waals surface area contributed by atoms with Gasteiger partial charge in [-0.05, 0) is 37.3 Å². The van der Waals surface area contributed by atoms with Gasteiger partial charge in [0.2, 0.25) is 0 Å². The number of thioether (sulfide) groups is 1. The van der Waals surface area contributed by atoms with Crippen LogP contribution in [0.5, 0.6) is 0 Å². The molecule has 2 aromatic rings. The molecule has 0 spiro atoms. The second kappa shape index (κ2) is 4.44. The lowest BCUT2D eigenvalue weighted by Crippen LogP contribution is -2.17. The van der Waals surface area contributed by atoms with E-state index in [0.29, 0.717) is 4.75 Å². The maximum atomic E-state index is 4.60. The molecule has 1 aromatic heterocycles. The molecule has 0 amide bonds. The van der Waals surface area contributed by atoms with Crippen molar-refractivity contribution in [2.45, 2.75) is 17.6 Å². The van der Waals surface area contributed by atoms with Gasteiger partial charge in [-0.1, -0.05) is 27.3 Å². The summed E-state index contributed by atoms with van der Waals surface area (Å²) in [5.41, 5.74) is 1.08. The molecule has 0 bridgehead atoms. The van der Waals surface area contributed by atoms with E-state index in [2.05, 4.69) is 44.6 Å². The lowest BCUT2D eigenvalue weighted by atomic mass is 10.3. The zero-order chi connectivity index (χ0) is 11.9. The Hall–Kier alpha value is -0.260. The number of nitrogens with one attached hydrogen (secondary N) is 1. The Balaban J connectivity index is 1.77. The molecule has 3 rings (SSSR count). The lowest BCUT2D eigenvalue weighted by Gasteiger charge is -2.11. The standard InChI is InChI=1S/C12H13BrN2S2/c1-16-12(4-5-12)7-14-11-15-9-3-2-8(13)6-10(9)17-11/h2-3,6H,4-5,7H2,1H3,(H,14,15). The van der Waals surface area contributed by atoms with Gasteiger partial charge >= 0.3 is 0 Å². The molecule has 5 heteroatoms. The second-order valence-electron chi connectivity index (χ2n) is 4.37. The van der Waals surface area contributed by atoms with Crippen LogP contribution in [0.15, 0.2) is 22.7 Å². The zero-order valence-electron chi connectivity index (χ0n) is 9.50. The third-order valence-electron chi connectivity index (χ3n) is 3.15. The molecule has 0 radical (unpaired) electrons. The molecule has 90 valence electrons. The number of fused-ring (bicyclic) bond motifs is 1. The van der Waals surface area contributed by atoms with Crippen LogP contribution in [-0.4, -0.2) is 22.5 Å². The van der Waals surface area contributed by atoms with Gasteiger partial charge in [0.25, 0.3) is 0 Å². The Morgan fingerprint density at radius 1 is 1.53 bits per heavy atom. The van der Waals surface area contributed by atoms with Crippen LogP contribution in [0.3, 0.4) is 0 Å². The van der Waals surface area contributed by atoms with Crippen LogP contribution < -0.4 is 5.32 Å². The first-order valence-corrected chi connectivity index (χ1v) is 8.39. The summed E-state index contributed by atoms with van der Waals surface area (Å²) in [6.07, 6.45) is 4.86. The Morgan fingerprint density at radius 3 is 3.06 bits per heavy atom. The van der Waals surface area contributed by atoms with Crippen LogP contribution in [0.4, 0.5) is 5.13 Å². The number of anilines is 1. The maximum absolute atomic E-state index is 4.60. The molecule has 1 saturated carbocycles. The molecule has 17 heavy (non-hydrogen) atoms. The van der Waals surface area contributed by atoms with Gasteiger partial charge in [0.05, 0.1) is 10.2 Å². The van der Waals surface area contributed by atoms with Crippen molar-refractivity contribution in [3.63, 3.8) is 0 Å². The molecule has 1 fully saturated rings. The molecule has 1 aromatic carbocycles. The van der Waals surface area contributed by atoms with Crippen molar-refractivity contribution in [1.82, 2.24) is 4.98 Å². The second-order valence-corrected chi connectivity index (χ2v) is 7.59. The molecule has 1 N–H and O–H groups in total. The van der Waals surface area contributed by atoms with Crippen molar-refractivity contribution in [2.24, 2.45) is 0 Å². The molecule has 1 aliphatic rings. The fraction of sp³-hybridized carbons (Fsp3) is 0.417. The summed E-state index contributed by atoms with van der Waals surface area (Å²) < 4.78 is 2.83. The van der Waals surface area contributed by atoms with E-state index in [-0.39, 0.29) is 0 Å². The third-order valence-corrected chi connectivity index (χ3v) is 6.04. The maximum Gasteiger partial charge on any atom is 0.183 e. The van der Waals surface area contributed by atoms with Gasteiger partial charge in [0, 0.05) is 15.8 Å². The van der Waals surface area contributed by atoms with E-state index in [9.17, 15) is 0 Å². The van der Waals surface area contributed by atoms with E-state index >= 15 is 0 Å². The fourth-order valence-corrected chi connectivity index (χ4v) is 3.94. The van der Waals surface area contributed by atoms with Gasteiger partial charge in [-0.3, -0.25) is 0 Å². The normalized spacial score (nSPS) is 17.3. The summed E-state index contributed by atoms with van der Waals surface area (Å²) in [5, 5.41) is 4.52. The Morgan fingerprint density at radius 2 is 2.35 bits per heavy atom. The summed E-state index contributed by atoms with van der Waals surface area (Å²) >= 11 is 7.19. The highest BCUT2D eigenvalue weighted by Gasteiger charge is 2.41. The van der Waals surface area contributed by atoms with Gasteiger partial charge in [0.15, 0.2) is 5.13 Å². The number of rotatable bonds is 4. The topological polar surface area (TPSA) is 24.9 Å². The van der Waals surface area contributed by atoms with Crippen molar-refractivity contribution < 1.29 is 0 Å². The Kier molecular flexibility index (Phi) is 3.09. The van der Waals surface area contributed by atoms with Crippen molar-refractivity contribution in [2.75, 3.05) is 18.1 Å². The Bertz CT molecular complexity index is 548. The van der Waals surface area contributed by atoms with Crippen molar-refractivity contribution in [3.05, 3.63) is 22.7 Å². The number of thiazole rings is 1. The minimum atomic E-state index is 0.485. The molecule has 0 atom stereocenters. The number of aromatic nitrogens is 1. The van der Waals surface area contributed by atoms with Crippen LogP contribution in [0.2, 0.25) is 0 Å². The lowest BCUT2D eigenvalue weighted by molar-refractivity contribution is 0.947. The third kappa shape index (κ3) is 2.46. The van der Waals surface area contributed by atoms with Crippen molar-refractivity contribution in [1.29, 1.82) is 0 Å². The van der Waals surface area contributed by atoms with Crippen LogP contribution in [0.25, 0.3) is 10.2 Å². The summed E-state index contributed by atoms with van der Waals surface area (Å²) in [6, 6.07) is 6.22. The monoisotopic (exact) mass is 328 g/mol. The molecular weight excluding hydrogens is 316 g/mol. The summed E-state index contributed by atoms with van der Waals surface area (Å²) in [6.45, 7) is 1.04. The van der Waals surface area contributed by atoms with E-state index < -0.39 is 0 Å². The highest BCUT2D eigenvalue weighted by atomic mass is 79.9. The van der Waals surface area contributed by atoms with Gasteiger partial charge in [-0.25, -0.2) is 4.98 Å². The molecule has 0 saturated heterocycles. The number of nitrogens with zero attached hydrogens (tertiary/aromatic N) is 1. The Labute approximate surface area is 117 Å². The highest BCUT2D eigenvalue weighted by Crippen LogP contribution is 2.47. The van der Waals surface area contributed by atoms with E-state index in [4.69, 9.17) is 0 Å². The first-order valence-electron chi connectivity index (χ1n) is 5.56. The molecule has 1 aliphatic carbocycles. The largest absolute Gasteiger partial charge is 0.360 e. The average molecular weight is 329 g/mol. The molecule has 0 aliphatic heterocycles. The number of hydrogen-bond acceptors (Lipinski definition) is 4. The minimum Gasteiger partial charge on any atom is -0.360 e. The average Bonchev–Trinajstić information content (AvgIpc) is 3.00. The van der Waals surface area contributed by atoms with E-state index in [1.807, 2.05) is 17.8 Å². The van der Waals surface area contributed by atoms with Crippen molar-refractivity contribution in [3.8, 4) is 0 Å². The molecule has 1 heterocycles. The van der Waals surface area contributed by atoms with Crippen LogP contribution >= 0.6 is 39.0 Å². The first-order chi connectivity index (χ1) is 8.21. The number of hydrogen-bond donors (Lipinski definition) is 1. The van der Waals surface area contributed by atoms with Crippen LogP contribution in [0, 0.1) is 0 Å². The van der Waals surface area contributed by atoms with Gasteiger partial charge in [-0.2, -0.15) is 11.8 Å². The summed E-state index contributed by atoms with van der Waals surface area (Å²) in [7, 11) is 0. The summed E-state index contributed by atoms with van der Waals surface area (Å²) in [4.78, 5) is 4.60. The van der Waals surface area contributed by atoms with E-state index in [1.54, 1.807) is 11.3 Å². The van der Waals surface area contributed by atoms with E-state index in [0.717, 1.165) is 21.7 Å². The molecular formula is C12H13BrN2S2. The van der Waals surface area contributed by atoms with Crippen molar-refractivity contribution >= 4 is 54.4 Å². The summed E-state index contributed by atoms with van der Waals surface area (Å²) in [5.74, 6) is 0. The predicted octanol–water partition coefficient (Wildman–Crippen LogP) is 4.37. The fourth-order valence-electron chi connectivity index (χ4n) is 1.80. The predicted molar refractivity (Wildman–Crippen MR) is 81.3 cm³/mol. The smallest absolute Gasteiger partial charge is 0.183 e. The first kappa shape index (κ1) is 11.8. The quantitative estimate of drug-likeness (QED) is 0.902. The minimum absolute atomic E-state index is 0.485. The zero-order valence-corrected chi connectivity index (χ0v) is 12.7. The molecule has 2 nitrogen and oxygen atoms in total. The molecule has 0 unspecified atom stereocenters. The van der Waals surface area contributed by atoms with Crippen LogP contribution in [-0.2, 0) is 0 Å². The van der Waals surface area contributed by atoms with Gasteiger partial charge in [-0.15, -0.1) is 0 Å². The number of halogens is 1. The van der Waals surface area contributed by atoms with E-state index in [1.165, 1.54) is 17.5 Å². The SMILES string of the molecule is CSC1(CNc2nc3ccc(Br)cc3s2)CC1. The highest BCUT2D eigenvalue weighted by molar-refractivity contribution is 9.10.